The Bertz CT molecular complexity index is 1170. The lowest BCUT2D eigenvalue weighted by molar-refractivity contribution is 0.0599. The van der Waals surface area contributed by atoms with Crippen LogP contribution >= 0.6 is 0 Å². The molecule has 3 aromatic carbocycles. The highest BCUT2D eigenvalue weighted by Crippen LogP contribution is 2.23. The van der Waals surface area contributed by atoms with E-state index in [1.807, 2.05) is 30.3 Å². The molecule has 3 aromatic rings. The van der Waals surface area contributed by atoms with E-state index in [1.54, 1.807) is 12.1 Å². The summed E-state index contributed by atoms with van der Waals surface area (Å²) >= 11 is 0. The minimum absolute atomic E-state index is 0.00207. The van der Waals surface area contributed by atoms with Gasteiger partial charge in [-0.2, -0.15) is 0 Å². The average Bonchev–Trinajstić information content (AvgIpc) is 2.82. The Hall–Kier alpha value is -3.85. The third kappa shape index (κ3) is 5.64. The van der Waals surface area contributed by atoms with Crippen LogP contribution in [0.25, 0.3) is 0 Å². The number of carbonyl (C=O) groups excluding carboxylic acids is 2. The molecule has 0 aliphatic rings. The molecule has 0 aliphatic carbocycles. The molecule has 0 spiro atoms. The van der Waals surface area contributed by atoms with Crippen LogP contribution in [0.15, 0.2) is 77.7 Å². The minimum atomic E-state index is -4.01. The summed E-state index contributed by atoms with van der Waals surface area (Å²) in [4.78, 5) is 23.8. The number of carbonyl (C=O) groups is 2. The number of hydrogen-bond donors (Lipinski definition) is 1. The maximum Gasteiger partial charge on any atom is 0.337 e. The first-order chi connectivity index (χ1) is 15.3. The summed E-state index contributed by atoms with van der Waals surface area (Å²) in [7, 11) is -1.65. The van der Waals surface area contributed by atoms with Gasteiger partial charge < -0.3 is 14.2 Å². The van der Waals surface area contributed by atoms with Gasteiger partial charge >= 0.3 is 11.9 Å². The van der Waals surface area contributed by atoms with Gasteiger partial charge in [0.1, 0.15) is 12.4 Å². The van der Waals surface area contributed by atoms with Crippen molar-refractivity contribution in [1.29, 1.82) is 0 Å². The van der Waals surface area contributed by atoms with E-state index in [1.165, 1.54) is 44.6 Å². The largest absolute Gasteiger partial charge is 0.489 e. The summed E-state index contributed by atoms with van der Waals surface area (Å²) in [5.41, 5.74) is 0.992. The Labute approximate surface area is 185 Å². The molecule has 8 nitrogen and oxygen atoms in total. The van der Waals surface area contributed by atoms with Crippen LogP contribution in [0.1, 0.15) is 26.3 Å². The number of nitrogens with one attached hydrogen (secondary N) is 1. The minimum Gasteiger partial charge on any atom is -0.489 e. The topological polar surface area (TPSA) is 108 Å². The summed E-state index contributed by atoms with van der Waals surface area (Å²) in [5, 5.41) is 0. The van der Waals surface area contributed by atoms with Gasteiger partial charge in [0, 0.05) is 0 Å². The second kappa shape index (κ2) is 9.97. The molecule has 0 bridgehead atoms. The number of benzene rings is 3. The highest BCUT2D eigenvalue weighted by molar-refractivity contribution is 7.92. The summed E-state index contributed by atoms with van der Waals surface area (Å²) in [5.74, 6) is -0.944. The van der Waals surface area contributed by atoms with Crippen LogP contribution in [0.2, 0.25) is 0 Å². The van der Waals surface area contributed by atoms with E-state index in [0.29, 0.717) is 12.4 Å². The van der Waals surface area contributed by atoms with Crippen molar-refractivity contribution in [2.75, 3.05) is 18.9 Å². The Morgan fingerprint density at radius 3 is 1.91 bits per heavy atom. The molecule has 0 unspecified atom stereocenters. The molecule has 1 N–H and O–H groups in total. The van der Waals surface area contributed by atoms with Crippen LogP contribution < -0.4 is 9.46 Å². The van der Waals surface area contributed by atoms with Crippen LogP contribution in [0, 0.1) is 0 Å². The Balaban J connectivity index is 1.79. The first-order valence-corrected chi connectivity index (χ1v) is 10.9. The van der Waals surface area contributed by atoms with Crippen molar-refractivity contribution in [3.8, 4) is 5.75 Å². The quantitative estimate of drug-likeness (QED) is 0.517. The molecular weight excluding hydrogens is 434 g/mol. The van der Waals surface area contributed by atoms with Crippen molar-refractivity contribution in [3.63, 3.8) is 0 Å². The number of anilines is 1. The van der Waals surface area contributed by atoms with E-state index >= 15 is 0 Å². The van der Waals surface area contributed by atoms with Crippen LogP contribution in [0.3, 0.4) is 0 Å². The SMILES string of the molecule is COC(=O)c1cc(NS(=O)(=O)c2ccc(OCc3ccccc3)cc2)cc(C(=O)OC)c1. The lowest BCUT2D eigenvalue weighted by Crippen LogP contribution is -2.15. The maximum absolute atomic E-state index is 12.8. The first kappa shape index (κ1) is 22.8. The van der Waals surface area contributed by atoms with E-state index in [0.717, 1.165) is 5.56 Å². The van der Waals surface area contributed by atoms with Crippen molar-refractivity contribution in [1.82, 2.24) is 0 Å². The lowest BCUT2D eigenvalue weighted by Gasteiger charge is -2.12. The third-order valence-electron chi connectivity index (χ3n) is 4.41. The van der Waals surface area contributed by atoms with Gasteiger partial charge in [-0.1, -0.05) is 30.3 Å². The normalized spacial score (nSPS) is 10.8. The van der Waals surface area contributed by atoms with Crippen molar-refractivity contribution >= 4 is 27.6 Å². The lowest BCUT2D eigenvalue weighted by atomic mass is 10.1. The number of hydrogen-bond acceptors (Lipinski definition) is 7. The van der Waals surface area contributed by atoms with E-state index in [4.69, 9.17) is 4.74 Å². The van der Waals surface area contributed by atoms with Crippen molar-refractivity contribution in [3.05, 3.63) is 89.5 Å². The van der Waals surface area contributed by atoms with Crippen molar-refractivity contribution < 1.29 is 32.2 Å². The predicted octanol–water partition coefficient (Wildman–Crippen LogP) is 3.64. The number of esters is 2. The van der Waals surface area contributed by atoms with Gasteiger partial charge in [0.25, 0.3) is 10.0 Å². The molecule has 166 valence electrons. The first-order valence-electron chi connectivity index (χ1n) is 9.44. The third-order valence-corrected chi connectivity index (χ3v) is 5.81. The summed E-state index contributed by atoms with van der Waals surface area (Å²) in [6.45, 7) is 0.349. The van der Waals surface area contributed by atoms with E-state index in [9.17, 15) is 18.0 Å². The van der Waals surface area contributed by atoms with Crippen LogP contribution in [0.4, 0.5) is 5.69 Å². The number of methoxy groups -OCH3 is 2. The smallest absolute Gasteiger partial charge is 0.337 e. The van der Waals surface area contributed by atoms with Gasteiger partial charge in [0.15, 0.2) is 0 Å². The molecule has 3 rings (SSSR count). The fourth-order valence-corrected chi connectivity index (χ4v) is 3.87. The highest BCUT2D eigenvalue weighted by atomic mass is 32.2. The fraction of sp³-hybridized carbons (Fsp3) is 0.130. The van der Waals surface area contributed by atoms with Crippen molar-refractivity contribution in [2.45, 2.75) is 11.5 Å². The molecule has 0 saturated heterocycles. The Kier molecular flexibility index (Phi) is 7.11. The summed E-state index contributed by atoms with van der Waals surface area (Å²) in [6.07, 6.45) is 0. The Morgan fingerprint density at radius 1 is 0.812 bits per heavy atom. The zero-order valence-electron chi connectivity index (χ0n) is 17.4. The summed E-state index contributed by atoms with van der Waals surface area (Å²) < 4.78 is 43.0. The van der Waals surface area contributed by atoms with E-state index in [2.05, 4.69) is 14.2 Å². The summed E-state index contributed by atoms with van der Waals surface area (Å²) in [6, 6.07) is 19.2. The number of sulfonamides is 1. The molecular formula is C23H21NO7S. The molecule has 0 aromatic heterocycles. The van der Waals surface area contributed by atoms with Gasteiger partial charge in [-0.3, -0.25) is 4.72 Å². The molecule has 0 aliphatic heterocycles. The zero-order valence-corrected chi connectivity index (χ0v) is 18.2. The van der Waals surface area contributed by atoms with Crippen LogP contribution in [-0.2, 0) is 26.1 Å². The van der Waals surface area contributed by atoms with Gasteiger partial charge in [-0.05, 0) is 48.0 Å². The van der Waals surface area contributed by atoms with Gasteiger partial charge in [0.2, 0.25) is 0 Å². The molecule has 0 saturated carbocycles. The molecule has 0 heterocycles. The molecule has 0 amide bonds. The number of rotatable bonds is 8. The fourth-order valence-electron chi connectivity index (χ4n) is 2.83. The van der Waals surface area contributed by atoms with Crippen LogP contribution in [-0.4, -0.2) is 34.6 Å². The average molecular weight is 455 g/mol. The second-order valence-corrected chi connectivity index (χ2v) is 8.32. The predicted molar refractivity (Wildman–Crippen MR) is 117 cm³/mol. The molecule has 32 heavy (non-hydrogen) atoms. The maximum atomic E-state index is 12.8. The van der Waals surface area contributed by atoms with E-state index in [-0.39, 0.29) is 21.7 Å². The van der Waals surface area contributed by atoms with Gasteiger partial charge in [-0.15, -0.1) is 0 Å². The second-order valence-electron chi connectivity index (χ2n) is 6.63. The van der Waals surface area contributed by atoms with Crippen molar-refractivity contribution in [2.24, 2.45) is 0 Å². The monoisotopic (exact) mass is 455 g/mol. The highest BCUT2D eigenvalue weighted by Gasteiger charge is 2.19. The molecule has 0 radical (unpaired) electrons. The molecule has 9 heteroatoms. The van der Waals surface area contributed by atoms with Gasteiger partial charge in [-0.25, -0.2) is 18.0 Å². The Morgan fingerprint density at radius 2 is 1.38 bits per heavy atom. The molecule has 0 fully saturated rings. The van der Waals surface area contributed by atoms with Crippen LogP contribution in [0.5, 0.6) is 5.75 Å². The van der Waals surface area contributed by atoms with E-state index < -0.39 is 22.0 Å². The molecule has 0 atom stereocenters. The standard InChI is InChI=1S/C23H21NO7S/c1-29-22(25)17-12-18(23(26)30-2)14-19(13-17)24-32(27,28)21-10-8-20(9-11-21)31-15-16-6-4-3-5-7-16/h3-14,24H,15H2,1-2H3. The number of ether oxygens (including phenoxy) is 3. The zero-order chi connectivity index (χ0) is 23.1. The van der Waals surface area contributed by atoms with Gasteiger partial charge in [0.05, 0.1) is 35.9 Å².